The predicted octanol–water partition coefficient (Wildman–Crippen LogP) is 4.67. The van der Waals surface area contributed by atoms with Crippen molar-refractivity contribution in [2.24, 2.45) is 0 Å². The standard InChI is InChI=1S/C21H21F2N7OS/c1-11-7-13-19(23)15(9-14(22)20(13)24-11)31-21-26-16(25-17-8-12(2)28-29-17)10-18(27-21)30-3-5-32-6-4-30/h7-10,24H,3-6H2,1-2H3,(H2,25,26,27,28,29). The molecule has 4 heterocycles. The molecule has 0 spiro atoms. The van der Waals surface area contributed by atoms with Crippen molar-refractivity contribution < 1.29 is 13.5 Å². The maximum Gasteiger partial charge on any atom is 0.326 e. The van der Waals surface area contributed by atoms with Crippen molar-refractivity contribution in [3.8, 4) is 11.8 Å². The Morgan fingerprint density at radius 2 is 1.84 bits per heavy atom. The van der Waals surface area contributed by atoms with Crippen LogP contribution in [0.4, 0.5) is 26.2 Å². The fourth-order valence-electron chi connectivity index (χ4n) is 3.60. The normalized spacial score (nSPS) is 14.2. The van der Waals surface area contributed by atoms with Gasteiger partial charge >= 0.3 is 6.01 Å². The summed E-state index contributed by atoms with van der Waals surface area (Å²) in [6.45, 7) is 5.26. The number of aromatic amines is 2. The third-order valence-electron chi connectivity index (χ3n) is 5.09. The molecule has 166 valence electrons. The molecule has 0 radical (unpaired) electrons. The second kappa shape index (κ2) is 8.30. The van der Waals surface area contributed by atoms with Crippen LogP contribution in [0.15, 0.2) is 24.3 Å². The van der Waals surface area contributed by atoms with Crippen LogP contribution in [0.3, 0.4) is 0 Å². The van der Waals surface area contributed by atoms with E-state index in [1.54, 1.807) is 13.0 Å². The number of ether oxygens (including phenoxy) is 1. The summed E-state index contributed by atoms with van der Waals surface area (Å²) in [6, 6.07) is 6.08. The Bertz CT molecular complexity index is 1280. The summed E-state index contributed by atoms with van der Waals surface area (Å²) >= 11 is 1.88. The van der Waals surface area contributed by atoms with E-state index in [1.165, 1.54) is 6.07 Å². The van der Waals surface area contributed by atoms with Gasteiger partial charge < -0.3 is 19.9 Å². The number of rotatable bonds is 5. The van der Waals surface area contributed by atoms with E-state index in [9.17, 15) is 4.39 Å². The Hall–Kier alpha value is -3.34. The minimum atomic E-state index is -0.674. The van der Waals surface area contributed by atoms with Gasteiger partial charge in [0.1, 0.15) is 11.6 Å². The third-order valence-corrected chi connectivity index (χ3v) is 6.03. The quantitative estimate of drug-likeness (QED) is 0.401. The molecule has 0 atom stereocenters. The Kier molecular flexibility index (Phi) is 5.33. The molecule has 3 aromatic heterocycles. The van der Waals surface area contributed by atoms with E-state index in [2.05, 4.69) is 35.4 Å². The van der Waals surface area contributed by atoms with Crippen LogP contribution >= 0.6 is 11.8 Å². The van der Waals surface area contributed by atoms with Gasteiger partial charge in [0.15, 0.2) is 23.2 Å². The van der Waals surface area contributed by atoms with Crippen LogP contribution in [0.5, 0.6) is 11.8 Å². The van der Waals surface area contributed by atoms with Crippen LogP contribution in [0, 0.1) is 25.5 Å². The summed E-state index contributed by atoms with van der Waals surface area (Å²) < 4.78 is 35.2. The fraction of sp³-hybridized carbons (Fsp3) is 0.286. The van der Waals surface area contributed by atoms with Crippen LogP contribution in [-0.4, -0.2) is 49.7 Å². The molecule has 0 bridgehead atoms. The molecule has 1 aliphatic rings. The van der Waals surface area contributed by atoms with E-state index in [4.69, 9.17) is 4.74 Å². The van der Waals surface area contributed by atoms with Crippen molar-refractivity contribution >= 4 is 40.1 Å². The molecule has 3 N–H and O–H groups in total. The minimum Gasteiger partial charge on any atom is -0.421 e. The summed E-state index contributed by atoms with van der Waals surface area (Å²) in [4.78, 5) is 13.8. The van der Waals surface area contributed by atoms with Gasteiger partial charge in [0.05, 0.1) is 5.52 Å². The van der Waals surface area contributed by atoms with E-state index in [1.807, 2.05) is 24.8 Å². The molecular weight excluding hydrogens is 436 g/mol. The number of nitrogens with zero attached hydrogens (tertiary/aromatic N) is 4. The van der Waals surface area contributed by atoms with Gasteiger partial charge in [-0.15, -0.1) is 0 Å². The first kappa shape index (κ1) is 20.6. The molecule has 0 unspecified atom stereocenters. The van der Waals surface area contributed by atoms with Crippen LogP contribution in [0.1, 0.15) is 11.4 Å². The highest BCUT2D eigenvalue weighted by Gasteiger charge is 2.20. The summed E-state index contributed by atoms with van der Waals surface area (Å²) in [5.41, 5.74) is 1.64. The van der Waals surface area contributed by atoms with Gasteiger partial charge in [-0.2, -0.15) is 26.8 Å². The lowest BCUT2D eigenvalue weighted by Gasteiger charge is -2.27. The lowest BCUT2D eigenvalue weighted by Crippen LogP contribution is -2.33. The number of aromatic nitrogens is 5. The van der Waals surface area contributed by atoms with Crippen LogP contribution in [0.25, 0.3) is 10.9 Å². The smallest absolute Gasteiger partial charge is 0.326 e. The Balaban J connectivity index is 1.52. The van der Waals surface area contributed by atoms with Gasteiger partial charge in [0, 0.05) is 59.6 Å². The molecule has 0 saturated carbocycles. The van der Waals surface area contributed by atoms with Gasteiger partial charge in [-0.05, 0) is 19.9 Å². The number of anilines is 3. The summed E-state index contributed by atoms with van der Waals surface area (Å²) in [6.07, 6.45) is 0. The largest absolute Gasteiger partial charge is 0.421 e. The first-order chi connectivity index (χ1) is 15.5. The fourth-order valence-corrected chi connectivity index (χ4v) is 4.50. The van der Waals surface area contributed by atoms with Gasteiger partial charge in [-0.25, -0.2) is 8.78 Å². The topological polar surface area (TPSA) is 94.8 Å². The van der Waals surface area contributed by atoms with Crippen molar-refractivity contribution in [3.05, 3.63) is 47.3 Å². The Morgan fingerprint density at radius 3 is 2.59 bits per heavy atom. The maximum atomic E-state index is 15.0. The second-order valence-electron chi connectivity index (χ2n) is 7.57. The van der Waals surface area contributed by atoms with Crippen molar-refractivity contribution in [1.29, 1.82) is 0 Å². The molecule has 4 aromatic rings. The maximum absolute atomic E-state index is 15.0. The Morgan fingerprint density at radius 1 is 1.03 bits per heavy atom. The van der Waals surface area contributed by atoms with Crippen LogP contribution < -0.4 is 15.0 Å². The lowest BCUT2D eigenvalue weighted by atomic mass is 10.2. The molecule has 0 aliphatic carbocycles. The SMILES string of the molecule is Cc1cc(Nc2cc(N3CCSCC3)nc(Oc3cc(F)c4[nH]c(C)cc4c3F)n2)n[nH]1. The average molecular weight is 458 g/mol. The number of benzene rings is 1. The van der Waals surface area contributed by atoms with Crippen LogP contribution in [0.2, 0.25) is 0 Å². The van der Waals surface area contributed by atoms with E-state index in [0.717, 1.165) is 36.4 Å². The molecule has 0 amide bonds. The highest BCUT2D eigenvalue weighted by atomic mass is 32.2. The summed E-state index contributed by atoms with van der Waals surface area (Å²) in [5, 5.41) is 10.3. The first-order valence-corrected chi connectivity index (χ1v) is 11.3. The van der Waals surface area contributed by atoms with Crippen molar-refractivity contribution in [1.82, 2.24) is 25.1 Å². The summed E-state index contributed by atoms with van der Waals surface area (Å²) in [5.74, 6) is 2.05. The number of hydrogen-bond acceptors (Lipinski definition) is 7. The molecule has 1 aromatic carbocycles. The van der Waals surface area contributed by atoms with Gasteiger partial charge in [-0.1, -0.05) is 0 Å². The Labute approximate surface area is 186 Å². The monoisotopic (exact) mass is 457 g/mol. The number of aryl methyl sites for hydroxylation is 2. The van der Waals surface area contributed by atoms with E-state index in [-0.39, 0.29) is 22.7 Å². The van der Waals surface area contributed by atoms with Gasteiger partial charge in [0.25, 0.3) is 0 Å². The zero-order chi connectivity index (χ0) is 22.2. The van der Waals surface area contributed by atoms with E-state index in [0.29, 0.717) is 23.1 Å². The molecule has 1 aliphatic heterocycles. The lowest BCUT2D eigenvalue weighted by molar-refractivity contribution is 0.411. The zero-order valence-corrected chi connectivity index (χ0v) is 18.3. The molecule has 8 nitrogen and oxygen atoms in total. The van der Waals surface area contributed by atoms with Gasteiger partial charge in [0.2, 0.25) is 0 Å². The number of H-pyrrole nitrogens is 2. The second-order valence-corrected chi connectivity index (χ2v) is 8.79. The number of fused-ring (bicyclic) bond motifs is 1. The third kappa shape index (κ3) is 4.07. The molecule has 5 rings (SSSR count). The highest BCUT2D eigenvalue weighted by molar-refractivity contribution is 7.99. The predicted molar refractivity (Wildman–Crippen MR) is 121 cm³/mol. The molecular formula is C21H21F2N7OS. The molecule has 1 fully saturated rings. The highest BCUT2D eigenvalue weighted by Crippen LogP contribution is 2.33. The van der Waals surface area contributed by atoms with E-state index < -0.39 is 11.6 Å². The number of nitrogens with one attached hydrogen (secondary N) is 3. The minimum absolute atomic E-state index is 0.0830. The average Bonchev–Trinajstić information content (AvgIpc) is 3.38. The number of thioether (sulfide) groups is 1. The first-order valence-electron chi connectivity index (χ1n) is 10.1. The van der Waals surface area contributed by atoms with Gasteiger partial charge in [-0.3, -0.25) is 5.10 Å². The number of halogens is 2. The molecule has 11 heteroatoms. The van der Waals surface area contributed by atoms with Crippen molar-refractivity contribution in [2.45, 2.75) is 13.8 Å². The zero-order valence-electron chi connectivity index (χ0n) is 17.5. The van der Waals surface area contributed by atoms with Crippen molar-refractivity contribution in [2.75, 3.05) is 34.8 Å². The van der Waals surface area contributed by atoms with Crippen LogP contribution in [-0.2, 0) is 0 Å². The number of hydrogen-bond donors (Lipinski definition) is 3. The summed E-state index contributed by atoms with van der Waals surface area (Å²) in [7, 11) is 0. The van der Waals surface area contributed by atoms with E-state index >= 15 is 4.39 Å². The van der Waals surface area contributed by atoms with Crippen molar-refractivity contribution in [3.63, 3.8) is 0 Å². The molecule has 1 saturated heterocycles. The molecule has 32 heavy (non-hydrogen) atoms.